The molecule has 26 heavy (non-hydrogen) atoms. The summed E-state index contributed by atoms with van der Waals surface area (Å²) in [5.41, 5.74) is 0. The topological polar surface area (TPSA) is 57.5 Å². The average Bonchev–Trinajstić information content (AvgIpc) is 3.44. The van der Waals surface area contributed by atoms with Gasteiger partial charge in [-0.2, -0.15) is 0 Å². The van der Waals surface area contributed by atoms with Gasteiger partial charge in [-0.15, -0.1) is 0 Å². The molecule has 1 aliphatic rings. The second-order valence-electron chi connectivity index (χ2n) is 7.46. The van der Waals surface area contributed by atoms with Crippen LogP contribution < -0.4 is 0 Å². The molecule has 0 amide bonds. The molecule has 0 saturated heterocycles. The van der Waals surface area contributed by atoms with Gasteiger partial charge in [-0.05, 0) is 69.6 Å². The number of unbranched alkanes of at least 4 members (excludes halogenated alkanes) is 4. The van der Waals surface area contributed by atoms with Gasteiger partial charge in [-0.1, -0.05) is 56.2 Å². The monoisotopic (exact) mass is 362 g/mol. The summed E-state index contributed by atoms with van der Waals surface area (Å²) in [6.45, 7) is 2.23. The van der Waals surface area contributed by atoms with E-state index in [1.54, 1.807) is 0 Å². The van der Waals surface area contributed by atoms with Gasteiger partial charge < -0.3 is 10.2 Å². The summed E-state index contributed by atoms with van der Waals surface area (Å²) in [7, 11) is 0. The van der Waals surface area contributed by atoms with Crippen LogP contribution in [0.15, 0.2) is 36.5 Å². The maximum absolute atomic E-state index is 10.5. The average molecular weight is 363 g/mol. The fourth-order valence-electron chi connectivity index (χ4n) is 3.27. The smallest absolute Gasteiger partial charge is 0.303 e. The lowest BCUT2D eigenvalue weighted by Gasteiger charge is -2.19. The van der Waals surface area contributed by atoms with Gasteiger partial charge in [-0.3, -0.25) is 4.79 Å². The highest BCUT2D eigenvalue weighted by molar-refractivity contribution is 5.66. The van der Waals surface area contributed by atoms with E-state index in [-0.39, 0.29) is 12.5 Å². The van der Waals surface area contributed by atoms with Crippen LogP contribution in [0.4, 0.5) is 0 Å². The minimum absolute atomic E-state index is 0.231. The maximum Gasteiger partial charge on any atom is 0.303 e. The summed E-state index contributed by atoms with van der Waals surface area (Å²) < 4.78 is 0. The molecule has 0 heterocycles. The number of aliphatic hydroxyl groups is 1. The Morgan fingerprint density at radius 1 is 1.00 bits per heavy atom. The van der Waals surface area contributed by atoms with Crippen LogP contribution >= 0.6 is 0 Å². The lowest BCUT2D eigenvalue weighted by atomic mass is 9.91. The molecular formula is C23H38O3. The van der Waals surface area contributed by atoms with Crippen molar-refractivity contribution in [1.82, 2.24) is 0 Å². The van der Waals surface area contributed by atoms with Gasteiger partial charge >= 0.3 is 5.97 Å². The van der Waals surface area contributed by atoms with Crippen LogP contribution in [0.5, 0.6) is 0 Å². The second kappa shape index (κ2) is 14.8. The van der Waals surface area contributed by atoms with E-state index < -0.39 is 5.97 Å². The normalized spacial score (nSPS) is 17.5. The van der Waals surface area contributed by atoms with Crippen molar-refractivity contribution in [3.05, 3.63) is 36.5 Å². The van der Waals surface area contributed by atoms with Gasteiger partial charge in [0.1, 0.15) is 0 Å². The maximum atomic E-state index is 10.5. The number of aliphatic carboxylic acids is 1. The zero-order valence-electron chi connectivity index (χ0n) is 16.5. The van der Waals surface area contributed by atoms with Crippen molar-refractivity contribution in [3.8, 4) is 0 Å². The molecule has 1 saturated carbocycles. The molecule has 2 N–H and O–H groups in total. The Hall–Kier alpha value is -1.35. The molecule has 1 fully saturated rings. The number of hydrogen-bond acceptors (Lipinski definition) is 2. The third-order valence-electron chi connectivity index (χ3n) is 5.01. The number of hydrogen-bond donors (Lipinski definition) is 2. The number of carboxylic acids is 1. The van der Waals surface area contributed by atoms with E-state index in [9.17, 15) is 9.90 Å². The fourth-order valence-corrected chi connectivity index (χ4v) is 3.27. The molecule has 0 radical (unpaired) electrons. The molecule has 0 aliphatic heterocycles. The van der Waals surface area contributed by atoms with Crippen LogP contribution in [-0.4, -0.2) is 22.3 Å². The van der Waals surface area contributed by atoms with E-state index >= 15 is 0 Å². The highest BCUT2D eigenvalue weighted by atomic mass is 16.4. The molecule has 0 unspecified atom stereocenters. The summed E-state index contributed by atoms with van der Waals surface area (Å²) in [6, 6.07) is 0. The first kappa shape index (κ1) is 22.7. The molecule has 148 valence electrons. The zero-order chi connectivity index (χ0) is 19.0. The summed E-state index contributed by atoms with van der Waals surface area (Å²) >= 11 is 0. The minimum atomic E-state index is -0.733. The molecular weight excluding hydrogens is 324 g/mol. The van der Waals surface area contributed by atoms with E-state index in [1.807, 2.05) is 18.2 Å². The molecule has 3 heteroatoms. The van der Waals surface area contributed by atoms with Crippen molar-refractivity contribution >= 4 is 5.97 Å². The summed E-state index contributed by atoms with van der Waals surface area (Å²) in [6.07, 6.45) is 24.6. The molecule has 2 atom stereocenters. The number of allylic oxidation sites excluding steroid dienone is 5. The number of rotatable bonds is 16. The SMILES string of the molecule is CCCCCC=CCC[C@H](C1CC1)[C@@H](O)C=CCC=CCCCC(=O)O. The molecule has 0 bridgehead atoms. The molecule has 0 aromatic heterocycles. The van der Waals surface area contributed by atoms with E-state index in [2.05, 4.69) is 25.2 Å². The Morgan fingerprint density at radius 3 is 2.38 bits per heavy atom. The summed E-state index contributed by atoms with van der Waals surface area (Å²) in [5, 5.41) is 19.1. The van der Waals surface area contributed by atoms with Gasteiger partial charge in [-0.25, -0.2) is 0 Å². The summed E-state index contributed by atoms with van der Waals surface area (Å²) in [4.78, 5) is 10.4. The Labute approximate surface area is 159 Å². The molecule has 0 aromatic carbocycles. The van der Waals surface area contributed by atoms with Crippen molar-refractivity contribution in [1.29, 1.82) is 0 Å². The molecule has 0 aromatic rings. The van der Waals surface area contributed by atoms with Crippen molar-refractivity contribution in [3.63, 3.8) is 0 Å². The lowest BCUT2D eigenvalue weighted by Crippen LogP contribution is -2.20. The highest BCUT2D eigenvalue weighted by Gasteiger charge is 2.34. The predicted octanol–water partition coefficient (Wildman–Crippen LogP) is 6.05. The number of carbonyl (C=O) groups is 1. The Balaban J connectivity index is 2.20. The zero-order valence-corrected chi connectivity index (χ0v) is 16.5. The molecule has 1 rings (SSSR count). The van der Waals surface area contributed by atoms with E-state index in [0.717, 1.165) is 25.7 Å². The Bertz CT molecular complexity index is 446. The number of carboxylic acid groups (broad SMARTS) is 1. The third-order valence-corrected chi connectivity index (χ3v) is 5.01. The first-order valence-electron chi connectivity index (χ1n) is 10.5. The van der Waals surface area contributed by atoms with Crippen molar-refractivity contribution in [2.75, 3.05) is 0 Å². The van der Waals surface area contributed by atoms with Gasteiger partial charge in [0.05, 0.1) is 6.10 Å². The van der Waals surface area contributed by atoms with Crippen LogP contribution in [0, 0.1) is 11.8 Å². The van der Waals surface area contributed by atoms with Crippen LogP contribution in [0.2, 0.25) is 0 Å². The predicted molar refractivity (Wildman–Crippen MR) is 109 cm³/mol. The van der Waals surface area contributed by atoms with Gasteiger partial charge in [0, 0.05) is 6.42 Å². The van der Waals surface area contributed by atoms with Crippen molar-refractivity contribution in [2.24, 2.45) is 11.8 Å². The third kappa shape index (κ3) is 12.1. The second-order valence-corrected chi connectivity index (χ2v) is 7.46. The minimum Gasteiger partial charge on any atom is -0.481 e. The number of aliphatic hydroxyl groups excluding tert-OH is 1. The Morgan fingerprint density at radius 2 is 1.69 bits per heavy atom. The standard InChI is InChI=1S/C23H38O3/c1-2-3-4-5-6-9-12-15-21(20-18-19-20)22(24)16-13-10-7-8-11-14-17-23(25)26/h6-9,13,16,20-22,24H,2-5,10-12,14-15,17-19H2,1H3,(H,25,26)/t21-,22+/m1/s1. The molecule has 3 nitrogen and oxygen atoms in total. The van der Waals surface area contributed by atoms with Gasteiger partial charge in [0.25, 0.3) is 0 Å². The quantitative estimate of drug-likeness (QED) is 0.260. The molecule has 1 aliphatic carbocycles. The van der Waals surface area contributed by atoms with E-state index in [4.69, 9.17) is 5.11 Å². The van der Waals surface area contributed by atoms with Crippen LogP contribution in [0.25, 0.3) is 0 Å². The first-order valence-corrected chi connectivity index (χ1v) is 10.5. The Kier molecular flexibility index (Phi) is 12.9. The van der Waals surface area contributed by atoms with Gasteiger partial charge in [0.15, 0.2) is 0 Å². The summed E-state index contributed by atoms with van der Waals surface area (Å²) in [5.74, 6) is 0.365. The molecule has 0 spiro atoms. The van der Waals surface area contributed by atoms with Crippen LogP contribution in [-0.2, 0) is 4.79 Å². The van der Waals surface area contributed by atoms with E-state index in [0.29, 0.717) is 18.3 Å². The van der Waals surface area contributed by atoms with Crippen molar-refractivity contribution in [2.45, 2.75) is 90.1 Å². The first-order chi connectivity index (χ1) is 12.6. The van der Waals surface area contributed by atoms with Crippen molar-refractivity contribution < 1.29 is 15.0 Å². The lowest BCUT2D eigenvalue weighted by molar-refractivity contribution is -0.137. The highest BCUT2D eigenvalue weighted by Crippen LogP contribution is 2.41. The van der Waals surface area contributed by atoms with Crippen LogP contribution in [0.1, 0.15) is 84.0 Å². The van der Waals surface area contributed by atoms with Gasteiger partial charge in [0.2, 0.25) is 0 Å². The van der Waals surface area contributed by atoms with Crippen LogP contribution in [0.3, 0.4) is 0 Å². The van der Waals surface area contributed by atoms with E-state index in [1.165, 1.54) is 38.5 Å². The largest absolute Gasteiger partial charge is 0.481 e. The fraction of sp³-hybridized carbons (Fsp3) is 0.696.